The van der Waals surface area contributed by atoms with Crippen molar-refractivity contribution in [2.24, 2.45) is 0 Å². The van der Waals surface area contributed by atoms with Gasteiger partial charge >= 0.3 is 0 Å². The van der Waals surface area contributed by atoms with Crippen LogP contribution in [0.3, 0.4) is 0 Å². The molecular weight excluding hydrogens is 464 g/mol. The van der Waals surface area contributed by atoms with Gasteiger partial charge in [0.15, 0.2) is 0 Å². The Hall–Kier alpha value is -2.50. The highest BCUT2D eigenvalue weighted by Crippen LogP contribution is 2.28. The molecule has 1 fully saturated rings. The number of methoxy groups -OCH3 is 1. The van der Waals surface area contributed by atoms with Crippen molar-refractivity contribution in [1.82, 2.24) is 9.88 Å². The number of aryl methyl sites for hydroxylation is 1. The van der Waals surface area contributed by atoms with Gasteiger partial charge in [-0.05, 0) is 67.1 Å². The Labute approximate surface area is 201 Å². The number of amides is 1. The van der Waals surface area contributed by atoms with E-state index in [4.69, 9.17) is 9.72 Å². The summed E-state index contributed by atoms with van der Waals surface area (Å²) in [5.74, 6) is 0.380. The maximum absolute atomic E-state index is 13.1. The molecule has 4 nitrogen and oxygen atoms in total. The van der Waals surface area contributed by atoms with E-state index in [-0.39, 0.29) is 28.8 Å². The second-order valence-corrected chi connectivity index (χ2v) is 8.42. The van der Waals surface area contributed by atoms with Gasteiger partial charge in [0.2, 0.25) is 0 Å². The molecule has 32 heavy (non-hydrogen) atoms. The summed E-state index contributed by atoms with van der Waals surface area (Å²) in [5.41, 5.74) is 6.55. The van der Waals surface area contributed by atoms with Crippen LogP contribution in [0.2, 0.25) is 0 Å². The lowest BCUT2D eigenvalue weighted by molar-refractivity contribution is 0.0706. The molecule has 4 rings (SSSR count). The van der Waals surface area contributed by atoms with Crippen LogP contribution < -0.4 is 0 Å². The number of likely N-dealkylation sites (tertiary alicyclic amines) is 1. The number of nitrogens with zero attached hydrogens (tertiary/aromatic N) is 2. The van der Waals surface area contributed by atoms with Crippen LogP contribution in [-0.2, 0) is 17.8 Å². The van der Waals surface area contributed by atoms with Crippen LogP contribution >= 0.6 is 17.0 Å². The zero-order valence-corrected chi connectivity index (χ0v) is 20.5. The van der Waals surface area contributed by atoms with E-state index in [2.05, 4.69) is 43.3 Å². The number of rotatable bonds is 6. The summed E-state index contributed by atoms with van der Waals surface area (Å²) in [6, 6.07) is 22.7. The fourth-order valence-corrected chi connectivity index (χ4v) is 4.41. The summed E-state index contributed by atoms with van der Waals surface area (Å²) in [6.45, 7) is 4.15. The van der Waals surface area contributed by atoms with Gasteiger partial charge in [0.05, 0.1) is 6.61 Å². The molecule has 1 unspecified atom stereocenters. The normalized spacial score (nSPS) is 15.8. The molecule has 0 spiro atoms. The minimum absolute atomic E-state index is 0. The van der Waals surface area contributed by atoms with Crippen LogP contribution in [0.5, 0.6) is 0 Å². The van der Waals surface area contributed by atoms with Crippen LogP contribution in [-0.4, -0.2) is 36.0 Å². The molecule has 3 aromatic rings. The molecule has 1 aliphatic rings. The maximum Gasteiger partial charge on any atom is 0.253 e. The van der Waals surface area contributed by atoms with E-state index < -0.39 is 0 Å². The van der Waals surface area contributed by atoms with Gasteiger partial charge in [-0.15, -0.1) is 17.0 Å². The van der Waals surface area contributed by atoms with E-state index in [1.807, 2.05) is 35.2 Å². The van der Waals surface area contributed by atoms with Gasteiger partial charge in [-0.25, -0.2) is 0 Å². The molecule has 1 amide bonds. The number of benzene rings is 2. The first-order chi connectivity index (χ1) is 15.1. The molecule has 1 aromatic heterocycles. The van der Waals surface area contributed by atoms with Crippen LogP contribution in [0.25, 0.3) is 0 Å². The summed E-state index contributed by atoms with van der Waals surface area (Å²) < 4.78 is 5.16. The van der Waals surface area contributed by atoms with Gasteiger partial charge in [0.1, 0.15) is 0 Å². The average Bonchev–Trinajstić information content (AvgIpc) is 2.80. The van der Waals surface area contributed by atoms with Crippen molar-refractivity contribution in [2.45, 2.75) is 38.7 Å². The van der Waals surface area contributed by atoms with Gasteiger partial charge in [-0.1, -0.05) is 42.5 Å². The number of piperidine rings is 1. The summed E-state index contributed by atoms with van der Waals surface area (Å²) >= 11 is 0. The van der Waals surface area contributed by atoms with Crippen molar-refractivity contribution < 1.29 is 9.53 Å². The quantitative estimate of drug-likeness (QED) is 0.439. The summed E-state index contributed by atoms with van der Waals surface area (Å²) in [4.78, 5) is 19.9. The predicted octanol–water partition coefficient (Wildman–Crippen LogP) is 5.72. The molecule has 5 heteroatoms. The van der Waals surface area contributed by atoms with E-state index in [1.54, 1.807) is 7.11 Å². The molecule has 0 saturated carbocycles. The third kappa shape index (κ3) is 6.05. The second-order valence-electron chi connectivity index (χ2n) is 8.42. The van der Waals surface area contributed by atoms with E-state index in [0.717, 1.165) is 54.9 Å². The van der Waals surface area contributed by atoms with Crippen molar-refractivity contribution in [3.05, 3.63) is 100 Å². The van der Waals surface area contributed by atoms with Gasteiger partial charge in [-0.3, -0.25) is 9.78 Å². The Morgan fingerprint density at radius 1 is 1.03 bits per heavy atom. The third-order valence-corrected chi connectivity index (χ3v) is 5.92. The highest BCUT2D eigenvalue weighted by Gasteiger charge is 2.26. The lowest BCUT2D eigenvalue weighted by atomic mass is 9.92. The molecule has 168 valence electrons. The van der Waals surface area contributed by atoms with E-state index in [0.29, 0.717) is 6.61 Å². The standard InChI is InChI=1S/C27H30N2O2.BrH/c1-20-15-23(16-21-7-4-3-5-8-21)17-26(28-20)25-9-6-14-29(18-25)27(30)24-12-10-22(11-13-24)19-31-2;/h3-5,7-8,10-13,15,17,25H,6,9,14,16,18-19H2,1-2H3;1H. The van der Waals surface area contributed by atoms with Crippen molar-refractivity contribution >= 4 is 22.9 Å². The second kappa shape index (κ2) is 11.4. The zero-order chi connectivity index (χ0) is 21.6. The number of halogens is 1. The number of pyridine rings is 1. The Morgan fingerprint density at radius 2 is 1.78 bits per heavy atom. The zero-order valence-electron chi connectivity index (χ0n) is 18.8. The average molecular weight is 495 g/mol. The van der Waals surface area contributed by atoms with Crippen LogP contribution in [0.4, 0.5) is 0 Å². The minimum Gasteiger partial charge on any atom is -0.380 e. The molecule has 2 heterocycles. The highest BCUT2D eigenvalue weighted by molar-refractivity contribution is 8.93. The molecule has 1 atom stereocenters. The van der Waals surface area contributed by atoms with Crippen LogP contribution in [0.1, 0.15) is 57.2 Å². The van der Waals surface area contributed by atoms with Gasteiger partial charge in [0, 0.05) is 43.1 Å². The third-order valence-electron chi connectivity index (χ3n) is 5.92. The highest BCUT2D eigenvalue weighted by atomic mass is 79.9. The monoisotopic (exact) mass is 494 g/mol. The Morgan fingerprint density at radius 3 is 2.50 bits per heavy atom. The van der Waals surface area contributed by atoms with Crippen molar-refractivity contribution in [3.8, 4) is 0 Å². The Kier molecular flexibility index (Phi) is 8.60. The number of hydrogen-bond donors (Lipinski definition) is 0. The number of ether oxygens (including phenoxy) is 1. The number of carbonyl (C=O) groups is 1. The molecule has 1 aliphatic heterocycles. The van der Waals surface area contributed by atoms with Crippen molar-refractivity contribution in [1.29, 1.82) is 0 Å². The lowest BCUT2D eigenvalue weighted by Gasteiger charge is -2.33. The van der Waals surface area contributed by atoms with Gasteiger partial charge < -0.3 is 9.64 Å². The maximum atomic E-state index is 13.1. The molecule has 0 bridgehead atoms. The van der Waals surface area contributed by atoms with E-state index in [1.165, 1.54) is 11.1 Å². The number of hydrogen-bond acceptors (Lipinski definition) is 3. The largest absolute Gasteiger partial charge is 0.380 e. The fourth-order valence-electron chi connectivity index (χ4n) is 4.41. The predicted molar refractivity (Wildman–Crippen MR) is 134 cm³/mol. The molecule has 0 radical (unpaired) electrons. The van der Waals surface area contributed by atoms with Gasteiger partial charge in [0.25, 0.3) is 5.91 Å². The first kappa shape index (κ1) is 24.1. The first-order valence-electron chi connectivity index (χ1n) is 11.0. The fraction of sp³-hybridized carbons (Fsp3) is 0.333. The number of aromatic nitrogens is 1. The summed E-state index contributed by atoms with van der Waals surface area (Å²) in [5, 5.41) is 0. The summed E-state index contributed by atoms with van der Waals surface area (Å²) in [6.07, 6.45) is 2.97. The molecular formula is C27H31BrN2O2. The SMILES string of the molecule is Br.COCc1ccc(C(=O)N2CCCC(c3cc(Cc4ccccc4)cc(C)n3)C2)cc1. The Bertz CT molecular complexity index is 1020. The van der Waals surface area contributed by atoms with E-state index >= 15 is 0 Å². The van der Waals surface area contributed by atoms with Gasteiger partial charge in [-0.2, -0.15) is 0 Å². The van der Waals surface area contributed by atoms with Crippen LogP contribution in [0, 0.1) is 6.92 Å². The van der Waals surface area contributed by atoms with Crippen molar-refractivity contribution in [2.75, 3.05) is 20.2 Å². The summed E-state index contributed by atoms with van der Waals surface area (Å²) in [7, 11) is 1.68. The lowest BCUT2D eigenvalue weighted by Crippen LogP contribution is -2.39. The smallest absolute Gasteiger partial charge is 0.253 e. The van der Waals surface area contributed by atoms with Crippen molar-refractivity contribution in [3.63, 3.8) is 0 Å². The molecule has 0 N–H and O–H groups in total. The Balaban J connectivity index is 0.00000289. The molecule has 1 saturated heterocycles. The number of carbonyl (C=O) groups excluding carboxylic acids is 1. The first-order valence-corrected chi connectivity index (χ1v) is 11.0. The molecule has 2 aromatic carbocycles. The van der Waals surface area contributed by atoms with Crippen LogP contribution in [0.15, 0.2) is 66.7 Å². The topological polar surface area (TPSA) is 42.4 Å². The minimum atomic E-state index is 0. The van der Waals surface area contributed by atoms with E-state index in [9.17, 15) is 4.79 Å². The molecule has 0 aliphatic carbocycles.